The molecule has 2 aliphatic heterocycles. The summed E-state index contributed by atoms with van der Waals surface area (Å²) in [6, 6.07) is 36.7. The summed E-state index contributed by atoms with van der Waals surface area (Å²) in [6.07, 6.45) is 0. The fourth-order valence-corrected chi connectivity index (χ4v) is 8.44. The Balaban J connectivity index is 1.34. The van der Waals surface area contributed by atoms with Crippen LogP contribution in [0.3, 0.4) is 0 Å². The van der Waals surface area contributed by atoms with Crippen LogP contribution in [0.25, 0.3) is 21.5 Å². The molecule has 7 heteroatoms. The van der Waals surface area contributed by atoms with E-state index in [1.807, 2.05) is 48.5 Å². The number of nitrogens with one attached hydrogen (secondary N) is 2. The van der Waals surface area contributed by atoms with Crippen LogP contribution in [-0.4, -0.2) is 0 Å². The highest BCUT2D eigenvalue weighted by Crippen LogP contribution is 2.65. The molecule has 0 saturated heterocycles. The lowest BCUT2D eigenvalue weighted by Crippen LogP contribution is -2.45. The predicted molar refractivity (Wildman–Crippen MR) is 159 cm³/mol. The van der Waals surface area contributed by atoms with Gasteiger partial charge in [-0.2, -0.15) is 0 Å². The third-order valence-electron chi connectivity index (χ3n) is 7.90. The van der Waals surface area contributed by atoms with Gasteiger partial charge in [-0.05, 0) is 69.1 Å². The van der Waals surface area contributed by atoms with Crippen molar-refractivity contribution in [2.24, 2.45) is 0 Å². The number of rotatable bonds is 2. The molecule has 0 saturated carbocycles. The molecule has 0 aliphatic carbocycles. The molecule has 6 aromatic rings. The standard InChI is InChI=1S/C34H24F2N2O2P/c35-25-15-9-23(10-16-25)33-31-27-7-3-1-5-21(27)13-19-29(31)39-41(37-33)38-34(24-11-17-26(36)18-12-24)32-28-8-4-2-6-22(28)14-20-30(32)40-41/h1-20,33-34,37-38H/q+1/t33-,34-,41?/m1/s1. The van der Waals surface area contributed by atoms with E-state index in [4.69, 9.17) is 9.05 Å². The molecule has 1 spiro atoms. The fraction of sp³-hybridized carbons (Fsp3) is 0.0588. The van der Waals surface area contributed by atoms with Crippen molar-refractivity contribution >= 4 is 29.6 Å². The quantitative estimate of drug-likeness (QED) is 0.207. The molecule has 0 amide bonds. The third kappa shape index (κ3) is 4.07. The molecule has 8 rings (SSSR count). The summed E-state index contributed by atoms with van der Waals surface area (Å²) in [5.41, 5.74) is 3.71. The van der Waals surface area contributed by atoms with Crippen LogP contribution in [-0.2, 0) is 0 Å². The van der Waals surface area contributed by atoms with Gasteiger partial charge in [0.05, 0.1) is 0 Å². The molecule has 2 aliphatic rings. The summed E-state index contributed by atoms with van der Waals surface area (Å²) in [5.74, 6) is 0.791. The Morgan fingerprint density at radius 3 is 1.34 bits per heavy atom. The smallest absolute Gasteiger partial charge is 0.272 e. The number of fused-ring (bicyclic) bond motifs is 6. The molecule has 4 nitrogen and oxygen atoms in total. The van der Waals surface area contributed by atoms with E-state index < -0.39 is 8.02 Å². The average Bonchev–Trinajstić information content (AvgIpc) is 3.00. The van der Waals surface area contributed by atoms with Crippen LogP contribution in [0.4, 0.5) is 8.78 Å². The van der Waals surface area contributed by atoms with Crippen LogP contribution in [0.5, 0.6) is 11.5 Å². The molecule has 2 atom stereocenters. The van der Waals surface area contributed by atoms with Gasteiger partial charge in [-0.15, -0.1) is 0 Å². The number of hydrogen-bond acceptors (Lipinski definition) is 4. The first-order chi connectivity index (χ1) is 20.1. The largest absolute Gasteiger partial charge is 0.520 e. The lowest BCUT2D eigenvalue weighted by atomic mass is 9.93. The van der Waals surface area contributed by atoms with Crippen molar-refractivity contribution < 1.29 is 17.8 Å². The van der Waals surface area contributed by atoms with Crippen LogP contribution in [0.2, 0.25) is 0 Å². The van der Waals surface area contributed by atoms with Gasteiger partial charge in [-0.3, -0.25) is 9.05 Å². The van der Waals surface area contributed by atoms with Gasteiger partial charge in [0.25, 0.3) is 0 Å². The van der Waals surface area contributed by atoms with Crippen molar-refractivity contribution in [3.05, 3.63) is 155 Å². The zero-order valence-electron chi connectivity index (χ0n) is 21.7. The number of benzene rings is 6. The molecule has 0 radical (unpaired) electrons. The zero-order valence-corrected chi connectivity index (χ0v) is 22.6. The molecule has 200 valence electrons. The maximum Gasteiger partial charge on any atom is 0.520 e. The maximum absolute atomic E-state index is 14.0. The van der Waals surface area contributed by atoms with E-state index in [0.29, 0.717) is 11.5 Å². The molecule has 0 unspecified atom stereocenters. The first kappa shape index (κ1) is 24.4. The Kier molecular flexibility index (Phi) is 5.58. The highest BCUT2D eigenvalue weighted by atomic mass is 31.2. The van der Waals surface area contributed by atoms with Crippen LogP contribution < -0.4 is 19.2 Å². The first-order valence-electron chi connectivity index (χ1n) is 13.4. The van der Waals surface area contributed by atoms with Gasteiger partial charge in [-0.25, -0.2) is 8.78 Å². The van der Waals surface area contributed by atoms with Crippen molar-refractivity contribution in [2.75, 3.05) is 0 Å². The second kappa shape index (κ2) is 9.35. The van der Waals surface area contributed by atoms with Gasteiger partial charge < -0.3 is 0 Å². The highest BCUT2D eigenvalue weighted by Gasteiger charge is 2.58. The van der Waals surface area contributed by atoms with Gasteiger partial charge in [0.2, 0.25) is 0 Å². The summed E-state index contributed by atoms with van der Waals surface area (Å²) < 4.78 is 41.6. The maximum atomic E-state index is 14.0. The average molecular weight is 562 g/mol. The lowest BCUT2D eigenvalue weighted by Gasteiger charge is -2.39. The monoisotopic (exact) mass is 561 g/mol. The van der Waals surface area contributed by atoms with E-state index in [9.17, 15) is 8.78 Å². The van der Waals surface area contributed by atoms with Crippen LogP contribution >= 0.6 is 8.02 Å². The summed E-state index contributed by atoms with van der Waals surface area (Å²) in [5, 5.41) is 11.7. The molecule has 6 aromatic carbocycles. The Labute approximate surface area is 236 Å². The summed E-state index contributed by atoms with van der Waals surface area (Å²) in [6.45, 7) is 0. The highest BCUT2D eigenvalue weighted by molar-refractivity contribution is 7.63. The molecule has 0 fully saturated rings. The van der Waals surface area contributed by atoms with E-state index in [2.05, 4.69) is 34.4 Å². The second-order valence-electron chi connectivity index (χ2n) is 10.4. The Hall–Kier alpha value is -4.35. The number of hydrogen-bond donors (Lipinski definition) is 2. The van der Waals surface area contributed by atoms with Gasteiger partial charge in [0.15, 0.2) is 11.5 Å². The van der Waals surface area contributed by atoms with Crippen molar-refractivity contribution in [2.45, 2.75) is 12.1 Å². The second-order valence-corrected chi connectivity index (χ2v) is 12.3. The summed E-state index contributed by atoms with van der Waals surface area (Å²) >= 11 is 0. The van der Waals surface area contributed by atoms with E-state index in [-0.39, 0.29) is 23.7 Å². The van der Waals surface area contributed by atoms with E-state index in [1.165, 1.54) is 24.3 Å². The minimum Gasteiger partial charge on any atom is -0.272 e. The Bertz CT molecular complexity index is 1800. The molecule has 0 bridgehead atoms. The summed E-state index contributed by atoms with van der Waals surface area (Å²) in [4.78, 5) is 0. The van der Waals surface area contributed by atoms with E-state index in [0.717, 1.165) is 43.8 Å². The van der Waals surface area contributed by atoms with Gasteiger partial charge in [0.1, 0.15) is 23.7 Å². The lowest BCUT2D eigenvalue weighted by molar-refractivity contribution is 0.373. The van der Waals surface area contributed by atoms with Gasteiger partial charge >= 0.3 is 8.02 Å². The first-order valence-corrected chi connectivity index (χ1v) is 15.1. The number of halogens is 2. The van der Waals surface area contributed by atoms with Gasteiger partial charge in [-0.1, -0.05) is 95.1 Å². The Morgan fingerprint density at radius 2 is 0.902 bits per heavy atom. The molecule has 41 heavy (non-hydrogen) atoms. The molecule has 2 heterocycles. The molecule has 2 N–H and O–H groups in total. The molecule has 0 aromatic heterocycles. The minimum atomic E-state index is -3.06. The molecular weight excluding hydrogens is 537 g/mol. The van der Waals surface area contributed by atoms with Gasteiger partial charge in [0, 0.05) is 11.1 Å². The van der Waals surface area contributed by atoms with Crippen LogP contribution in [0.15, 0.2) is 121 Å². The molecular formula is C34H24F2N2O2P+. The SMILES string of the molecule is Fc1ccc([C@H]2N[P+]3(N[C@H](c4ccc(F)cc4)c4c(ccc5ccccc45)O3)Oc3ccc4ccccc4c32)cc1. The minimum absolute atomic E-state index is 0.298. The normalized spacial score (nSPS) is 18.9. The van der Waals surface area contributed by atoms with Crippen molar-refractivity contribution in [1.82, 2.24) is 10.2 Å². The van der Waals surface area contributed by atoms with Crippen LogP contribution in [0, 0.1) is 11.6 Å². The predicted octanol–water partition coefficient (Wildman–Crippen LogP) is 8.79. The van der Waals surface area contributed by atoms with Crippen molar-refractivity contribution in [3.8, 4) is 11.5 Å². The zero-order chi connectivity index (χ0) is 27.6. The van der Waals surface area contributed by atoms with Crippen molar-refractivity contribution in [1.29, 1.82) is 0 Å². The van der Waals surface area contributed by atoms with E-state index in [1.54, 1.807) is 24.3 Å². The van der Waals surface area contributed by atoms with Crippen molar-refractivity contribution in [3.63, 3.8) is 0 Å². The Morgan fingerprint density at radius 1 is 0.488 bits per heavy atom. The van der Waals surface area contributed by atoms with E-state index >= 15 is 0 Å². The summed E-state index contributed by atoms with van der Waals surface area (Å²) in [7, 11) is -3.06. The fourth-order valence-electron chi connectivity index (χ4n) is 6.01. The van der Waals surface area contributed by atoms with Crippen LogP contribution in [0.1, 0.15) is 34.3 Å². The third-order valence-corrected chi connectivity index (χ3v) is 10.0. The topological polar surface area (TPSA) is 42.5 Å².